The second-order valence-corrected chi connectivity index (χ2v) is 36.2. The minimum Gasteiger partial charge on any atom is -0.390 e. The number of unbranched alkanes of at least 4 members (excludes halogenated alkanes) is 2. The van der Waals surface area contributed by atoms with Crippen LogP contribution in [0.15, 0.2) is 0 Å². The van der Waals surface area contributed by atoms with E-state index in [1.165, 1.54) is 77.2 Å². The molecule has 2 aliphatic rings. The number of hydrogen-bond donors (Lipinski definition) is 1. The van der Waals surface area contributed by atoms with Crippen LogP contribution in [0.4, 0.5) is 0 Å². The highest BCUT2D eigenvalue weighted by atomic mass is 16.5. The Morgan fingerprint density at radius 1 is 0.418 bits per heavy atom. The fourth-order valence-corrected chi connectivity index (χ4v) is 9.02. The maximum absolute atomic E-state index is 9.38. The van der Waals surface area contributed by atoms with Crippen LogP contribution >= 0.6 is 0 Å². The smallest absolute Gasteiger partial charge is 0.0592 e. The lowest BCUT2D eigenvalue weighted by Crippen LogP contribution is -2.45. The maximum atomic E-state index is 9.38. The molecule has 0 radical (unpaired) electrons. The van der Waals surface area contributed by atoms with Gasteiger partial charge in [0.05, 0.1) is 18.8 Å². The molecular formula is C72H159N3O4. The topological polar surface area (TPSA) is 57.6 Å². The van der Waals surface area contributed by atoms with Gasteiger partial charge in [-0.15, -0.1) is 0 Å². The van der Waals surface area contributed by atoms with Crippen molar-refractivity contribution in [2.75, 3.05) is 90.0 Å². The molecule has 2 unspecified atom stereocenters. The third-order valence-electron chi connectivity index (χ3n) is 14.8. The van der Waals surface area contributed by atoms with E-state index in [4.69, 9.17) is 14.2 Å². The predicted octanol–water partition coefficient (Wildman–Crippen LogP) is 20.8. The number of ether oxygens (including phenoxy) is 3. The highest BCUT2D eigenvalue weighted by Crippen LogP contribution is 2.43. The van der Waals surface area contributed by atoms with E-state index in [0.29, 0.717) is 49.2 Å². The summed E-state index contributed by atoms with van der Waals surface area (Å²) in [4.78, 5) is 6.96. The van der Waals surface area contributed by atoms with Crippen LogP contribution in [0.2, 0.25) is 0 Å². The van der Waals surface area contributed by atoms with Crippen molar-refractivity contribution in [3.8, 4) is 0 Å². The second-order valence-electron chi connectivity index (χ2n) is 36.2. The van der Waals surface area contributed by atoms with Crippen LogP contribution in [0.3, 0.4) is 0 Å². The molecule has 7 heteroatoms. The average molecular weight is 1130 g/mol. The van der Waals surface area contributed by atoms with Gasteiger partial charge in [0, 0.05) is 45.9 Å². The van der Waals surface area contributed by atoms with Gasteiger partial charge in [0.25, 0.3) is 0 Å². The molecule has 1 N–H and O–H groups in total. The van der Waals surface area contributed by atoms with Gasteiger partial charge < -0.3 is 34.0 Å². The average Bonchev–Trinajstić information content (AvgIpc) is 3.69. The fourth-order valence-electron chi connectivity index (χ4n) is 9.02. The molecule has 486 valence electrons. The first-order valence-electron chi connectivity index (χ1n) is 32.0. The number of hydrogen-bond acceptors (Lipinski definition) is 7. The molecule has 2 aliphatic carbocycles. The van der Waals surface area contributed by atoms with Crippen LogP contribution in [0.25, 0.3) is 0 Å². The Hall–Kier alpha value is -0.280. The highest BCUT2D eigenvalue weighted by molar-refractivity contribution is 4.91. The second kappa shape index (κ2) is 41.7. The van der Waals surface area contributed by atoms with E-state index >= 15 is 0 Å². The molecule has 0 aromatic carbocycles. The number of rotatable bonds is 15. The van der Waals surface area contributed by atoms with Crippen molar-refractivity contribution in [2.24, 2.45) is 66.5 Å². The van der Waals surface area contributed by atoms with E-state index in [2.05, 4.69) is 251 Å². The molecule has 79 heavy (non-hydrogen) atoms. The Bertz CT molecular complexity index is 1310. The lowest BCUT2D eigenvalue weighted by Gasteiger charge is -2.46. The Kier molecular flexibility index (Phi) is 47.5. The van der Waals surface area contributed by atoms with Gasteiger partial charge >= 0.3 is 0 Å². The zero-order valence-electron chi connectivity index (χ0n) is 62.6. The van der Waals surface area contributed by atoms with E-state index in [9.17, 15) is 5.11 Å². The maximum Gasteiger partial charge on any atom is 0.0592 e. The van der Waals surface area contributed by atoms with Crippen molar-refractivity contribution >= 4 is 0 Å². The Labute approximate surface area is 503 Å². The molecule has 7 nitrogen and oxygen atoms in total. The summed E-state index contributed by atoms with van der Waals surface area (Å²) < 4.78 is 15.1. The largest absolute Gasteiger partial charge is 0.390 e. The van der Waals surface area contributed by atoms with Crippen molar-refractivity contribution < 1.29 is 19.3 Å². The van der Waals surface area contributed by atoms with Gasteiger partial charge in [-0.1, -0.05) is 213 Å². The summed E-state index contributed by atoms with van der Waals surface area (Å²) in [7, 11) is 18.2. The molecule has 2 atom stereocenters. The van der Waals surface area contributed by atoms with E-state index < -0.39 is 5.60 Å². The summed E-state index contributed by atoms with van der Waals surface area (Å²) in [6, 6.07) is 1.70. The van der Waals surface area contributed by atoms with E-state index in [1.54, 1.807) is 21.3 Å². The third-order valence-corrected chi connectivity index (χ3v) is 14.8. The van der Waals surface area contributed by atoms with Crippen LogP contribution in [0, 0.1) is 66.5 Å². The lowest BCUT2D eigenvalue weighted by atomic mass is 9.65. The lowest BCUT2D eigenvalue weighted by molar-refractivity contribution is 0.0289. The zero-order chi connectivity index (χ0) is 64.5. The van der Waals surface area contributed by atoms with Crippen molar-refractivity contribution in [3.63, 3.8) is 0 Å². The van der Waals surface area contributed by atoms with Gasteiger partial charge in [0.2, 0.25) is 0 Å². The Morgan fingerprint density at radius 3 is 0.962 bits per heavy atom. The number of methoxy groups -OCH3 is 3. The molecule has 0 amide bonds. The molecule has 0 aromatic heterocycles. The Balaban J connectivity index is -0.000000193. The van der Waals surface area contributed by atoms with Gasteiger partial charge in [-0.25, -0.2) is 0 Å². The minimum absolute atomic E-state index is 0.270. The van der Waals surface area contributed by atoms with Crippen molar-refractivity contribution in [1.82, 2.24) is 14.7 Å². The molecule has 2 rings (SSSR count). The first-order chi connectivity index (χ1) is 34.8. The highest BCUT2D eigenvalue weighted by Gasteiger charge is 2.38. The normalized spacial score (nSPS) is 18.4. The summed E-state index contributed by atoms with van der Waals surface area (Å²) in [5, 5.41) is 9.38. The molecule has 0 spiro atoms. The van der Waals surface area contributed by atoms with Crippen LogP contribution in [-0.2, 0) is 14.2 Å². The van der Waals surface area contributed by atoms with Gasteiger partial charge in [0.1, 0.15) is 0 Å². The molecule has 0 aliphatic heterocycles. The summed E-state index contributed by atoms with van der Waals surface area (Å²) in [6.07, 6.45) is 18.2. The SMILES string of the molecule is CC(C)(C)CC(C)(C)C.CC(C)(C)CCC(C)(C)O.CCCCCC(C)(C)C.CN(C)C1CC(C(C)(C)C)C1.CN(C)C1CCC(C(C)(C)C)C1.CN(C)CCC(C)(C)C.COCC(COC)C(C)(C)C.COCCC(C)(C)C. The van der Waals surface area contributed by atoms with E-state index in [1.807, 2.05) is 13.8 Å². The quantitative estimate of drug-likeness (QED) is 0.164. The van der Waals surface area contributed by atoms with Gasteiger partial charge in [0.15, 0.2) is 0 Å². The summed E-state index contributed by atoms with van der Waals surface area (Å²) in [5.41, 5.74) is 3.61. The summed E-state index contributed by atoms with van der Waals surface area (Å²) >= 11 is 0. The van der Waals surface area contributed by atoms with E-state index in [-0.39, 0.29) is 5.41 Å². The first-order valence-corrected chi connectivity index (χ1v) is 32.0. The fraction of sp³-hybridized carbons (Fsp3) is 1.00. The third kappa shape index (κ3) is 71.9. The minimum atomic E-state index is -0.493. The molecule has 0 aromatic rings. The van der Waals surface area contributed by atoms with Gasteiger partial charge in [-0.3, -0.25) is 0 Å². The monoisotopic (exact) mass is 1130 g/mol. The van der Waals surface area contributed by atoms with E-state index in [0.717, 1.165) is 63.0 Å². The predicted molar refractivity (Wildman–Crippen MR) is 361 cm³/mol. The van der Waals surface area contributed by atoms with Crippen LogP contribution in [-0.4, -0.2) is 127 Å². The zero-order valence-corrected chi connectivity index (χ0v) is 62.6. The molecule has 0 saturated heterocycles. The summed E-state index contributed by atoms with van der Waals surface area (Å²) in [5.74, 6) is 2.37. The van der Waals surface area contributed by atoms with Crippen molar-refractivity contribution in [3.05, 3.63) is 0 Å². The molecular weight excluding hydrogens is 971 g/mol. The number of aliphatic hydroxyl groups is 1. The van der Waals surface area contributed by atoms with Crippen molar-refractivity contribution in [1.29, 1.82) is 0 Å². The molecule has 0 heterocycles. The van der Waals surface area contributed by atoms with Crippen molar-refractivity contribution in [2.45, 2.75) is 315 Å². The summed E-state index contributed by atoms with van der Waals surface area (Å²) in [6.45, 7) is 71.1. The van der Waals surface area contributed by atoms with Crippen LogP contribution in [0.5, 0.6) is 0 Å². The molecule has 2 fully saturated rings. The molecule has 0 bridgehead atoms. The number of nitrogens with zero attached hydrogens (tertiary/aromatic N) is 3. The Morgan fingerprint density at radius 2 is 0.785 bits per heavy atom. The standard InChI is InChI=1S/C11H23N.C10H21N.C9H20O2.C9H20O.2C9H20.C8H19N.C7H16O/c1-11(2,3)9-6-7-10(8-9)12(4)5;1-10(2,3)8-6-9(7-8)11(4)5;1-9(2,3)8(6-10-4)7-11-5;1-8(2,3)6-7-9(4,5)10;1-8(2,3)7-9(4,5)6;1-5-6-7-8-9(2,3)4;1-8(2,3)6-7-9(4)5;1-7(2,3)5-6-8-4/h9-10H,6-8H2,1-5H3;8-9H,6-7H2,1-5H3;8H,6-7H2,1-5H3;10H,6-7H2,1-5H3;7H2,1-6H3;5-8H2,1-4H3;6-7H2,1-5H3;5-6H2,1-4H3. The van der Waals surface area contributed by atoms with Crippen LogP contribution < -0.4 is 0 Å². The molecule has 2 saturated carbocycles. The van der Waals surface area contributed by atoms with Gasteiger partial charge in [-0.05, 0) is 194 Å². The van der Waals surface area contributed by atoms with Crippen LogP contribution in [0.1, 0.15) is 298 Å². The van der Waals surface area contributed by atoms with Gasteiger partial charge in [-0.2, -0.15) is 0 Å². The first kappa shape index (κ1) is 89.9.